The number of pyridine rings is 1. The molecule has 4 heteroatoms. The van der Waals surface area contributed by atoms with Crippen molar-refractivity contribution in [3.05, 3.63) is 47.6 Å². The number of allylic oxidation sites excluding steroid dienone is 2. The molecule has 3 nitrogen and oxygen atoms in total. The van der Waals surface area contributed by atoms with Crippen molar-refractivity contribution in [2.45, 2.75) is 19.3 Å². The van der Waals surface area contributed by atoms with Crippen molar-refractivity contribution in [3.8, 4) is 0 Å². The van der Waals surface area contributed by atoms with Crippen molar-refractivity contribution in [3.63, 3.8) is 0 Å². The largest absolute Gasteiger partial charge is 0.324 e. The maximum Gasteiger partial charge on any atom is 0.225 e. The topological polar surface area (TPSA) is 42.0 Å². The van der Waals surface area contributed by atoms with E-state index in [2.05, 4.69) is 22.5 Å². The van der Waals surface area contributed by atoms with Gasteiger partial charge < -0.3 is 5.32 Å². The summed E-state index contributed by atoms with van der Waals surface area (Å²) in [6.07, 6.45) is 8.60. The molecule has 0 bridgehead atoms. The predicted octanol–water partition coefficient (Wildman–Crippen LogP) is 4.18. The summed E-state index contributed by atoms with van der Waals surface area (Å²) in [6.45, 7) is 0. The lowest BCUT2D eigenvalue weighted by Gasteiger charge is -2.11. The van der Waals surface area contributed by atoms with Gasteiger partial charge in [0, 0.05) is 23.0 Å². The Morgan fingerprint density at radius 2 is 2.35 bits per heavy atom. The van der Waals surface area contributed by atoms with Crippen LogP contribution in [0.2, 0.25) is 5.02 Å². The average molecular weight is 287 g/mol. The second kappa shape index (κ2) is 5.63. The molecule has 1 aliphatic rings. The molecule has 102 valence electrons. The monoisotopic (exact) mass is 286 g/mol. The summed E-state index contributed by atoms with van der Waals surface area (Å²) in [5.41, 5.74) is 1.45. The van der Waals surface area contributed by atoms with Gasteiger partial charge in [0.1, 0.15) is 0 Å². The van der Waals surface area contributed by atoms with E-state index in [1.54, 1.807) is 12.3 Å². The van der Waals surface area contributed by atoms with E-state index < -0.39 is 0 Å². The average Bonchev–Trinajstić information content (AvgIpc) is 2.91. The molecule has 3 rings (SSSR count). The fourth-order valence-corrected chi connectivity index (χ4v) is 2.78. The first-order valence-electron chi connectivity index (χ1n) is 6.73. The zero-order chi connectivity index (χ0) is 13.9. The van der Waals surface area contributed by atoms with Crippen molar-refractivity contribution in [2.24, 2.45) is 5.92 Å². The highest BCUT2D eigenvalue weighted by Gasteiger charge is 2.15. The molecule has 0 saturated heterocycles. The van der Waals surface area contributed by atoms with E-state index >= 15 is 0 Å². The molecule has 2 aromatic rings. The first kappa shape index (κ1) is 13.1. The number of benzene rings is 1. The normalized spacial score (nSPS) is 17.6. The van der Waals surface area contributed by atoms with Crippen molar-refractivity contribution in [1.29, 1.82) is 0 Å². The predicted molar refractivity (Wildman–Crippen MR) is 81.9 cm³/mol. The van der Waals surface area contributed by atoms with Gasteiger partial charge in [-0.3, -0.25) is 9.78 Å². The van der Waals surface area contributed by atoms with Gasteiger partial charge in [-0.05, 0) is 37.0 Å². The zero-order valence-electron chi connectivity index (χ0n) is 11.0. The van der Waals surface area contributed by atoms with Crippen LogP contribution >= 0.6 is 11.6 Å². The number of carbonyl (C=O) groups is 1. The van der Waals surface area contributed by atoms with Crippen LogP contribution in [0.3, 0.4) is 0 Å². The number of nitrogens with zero attached hydrogens (tertiary/aromatic N) is 1. The van der Waals surface area contributed by atoms with Crippen LogP contribution in [0.5, 0.6) is 0 Å². The molecule has 1 atom stereocenters. The van der Waals surface area contributed by atoms with E-state index in [0.29, 0.717) is 23.0 Å². The number of rotatable bonds is 3. The fraction of sp³-hybridized carbons (Fsp3) is 0.250. The standard InChI is InChI=1S/C16H15ClN2O/c17-13-9-12-6-3-7-18-16(12)14(10-13)19-15(20)8-11-4-1-2-5-11/h1,3-4,6-7,9-11H,2,5,8H2,(H,19,20)/t11-/m1/s1. The maximum atomic E-state index is 12.1. The summed E-state index contributed by atoms with van der Waals surface area (Å²) >= 11 is 6.09. The lowest BCUT2D eigenvalue weighted by Crippen LogP contribution is -2.15. The molecule has 0 radical (unpaired) electrons. The summed E-state index contributed by atoms with van der Waals surface area (Å²) in [6, 6.07) is 7.38. The van der Waals surface area contributed by atoms with Crippen molar-refractivity contribution in [1.82, 2.24) is 4.98 Å². The van der Waals surface area contributed by atoms with Crippen molar-refractivity contribution < 1.29 is 4.79 Å². The third kappa shape index (κ3) is 2.83. The molecule has 20 heavy (non-hydrogen) atoms. The van der Waals surface area contributed by atoms with Gasteiger partial charge in [-0.1, -0.05) is 29.8 Å². The van der Waals surface area contributed by atoms with Crippen molar-refractivity contribution in [2.75, 3.05) is 5.32 Å². The number of hydrogen-bond donors (Lipinski definition) is 1. The quantitative estimate of drug-likeness (QED) is 0.860. The van der Waals surface area contributed by atoms with Crippen LogP contribution in [0.4, 0.5) is 5.69 Å². The van der Waals surface area contributed by atoms with Crippen LogP contribution in [0.1, 0.15) is 19.3 Å². The second-order valence-corrected chi connectivity index (χ2v) is 5.48. The Bertz CT molecular complexity index is 681. The number of nitrogens with one attached hydrogen (secondary N) is 1. The van der Waals surface area contributed by atoms with E-state index in [1.165, 1.54) is 0 Å². The van der Waals surface area contributed by atoms with Crippen molar-refractivity contribution >= 4 is 34.1 Å². The summed E-state index contributed by atoms with van der Waals surface area (Å²) in [5, 5.41) is 4.46. The van der Waals surface area contributed by atoms with E-state index in [-0.39, 0.29) is 5.91 Å². The Morgan fingerprint density at radius 1 is 1.45 bits per heavy atom. The molecule has 1 heterocycles. The lowest BCUT2D eigenvalue weighted by molar-refractivity contribution is -0.116. The number of amides is 1. The SMILES string of the molecule is O=C(C[C@@H]1C=CCC1)Nc1cc(Cl)cc2cccnc12. The molecule has 0 fully saturated rings. The van der Waals surface area contributed by atoms with Crippen LogP contribution in [0.25, 0.3) is 10.9 Å². The molecular weight excluding hydrogens is 272 g/mol. The summed E-state index contributed by atoms with van der Waals surface area (Å²) < 4.78 is 0. The van der Waals surface area contributed by atoms with Gasteiger partial charge in [0.15, 0.2) is 0 Å². The maximum absolute atomic E-state index is 12.1. The van der Waals surface area contributed by atoms with Crippen LogP contribution < -0.4 is 5.32 Å². The Labute approximate surface area is 122 Å². The number of fused-ring (bicyclic) bond motifs is 1. The third-order valence-corrected chi connectivity index (χ3v) is 3.72. The highest BCUT2D eigenvalue weighted by Crippen LogP contribution is 2.27. The molecule has 0 saturated carbocycles. The first-order chi connectivity index (χ1) is 9.72. The molecule has 1 amide bonds. The highest BCUT2D eigenvalue weighted by atomic mass is 35.5. The molecule has 1 N–H and O–H groups in total. The fourth-order valence-electron chi connectivity index (χ4n) is 2.56. The Kier molecular flexibility index (Phi) is 3.70. The molecule has 0 unspecified atom stereocenters. The zero-order valence-corrected chi connectivity index (χ0v) is 11.7. The lowest BCUT2D eigenvalue weighted by atomic mass is 10.0. The Balaban J connectivity index is 1.82. The van der Waals surface area contributed by atoms with Gasteiger partial charge in [-0.2, -0.15) is 0 Å². The highest BCUT2D eigenvalue weighted by molar-refractivity contribution is 6.32. The Hall–Kier alpha value is -1.87. The molecule has 0 spiro atoms. The van der Waals surface area contributed by atoms with Crippen LogP contribution in [0.15, 0.2) is 42.6 Å². The van der Waals surface area contributed by atoms with E-state index in [0.717, 1.165) is 23.7 Å². The van der Waals surface area contributed by atoms with Gasteiger partial charge in [0.25, 0.3) is 0 Å². The minimum atomic E-state index is 0.00997. The Morgan fingerprint density at radius 3 is 3.15 bits per heavy atom. The number of hydrogen-bond acceptors (Lipinski definition) is 2. The van der Waals surface area contributed by atoms with E-state index in [4.69, 9.17) is 11.6 Å². The number of anilines is 1. The first-order valence-corrected chi connectivity index (χ1v) is 7.11. The molecule has 1 aromatic carbocycles. The summed E-state index contributed by atoms with van der Waals surface area (Å²) in [4.78, 5) is 16.4. The molecule has 1 aliphatic carbocycles. The smallest absolute Gasteiger partial charge is 0.225 e. The van der Waals surface area contributed by atoms with Crippen LogP contribution in [-0.2, 0) is 4.79 Å². The number of halogens is 1. The third-order valence-electron chi connectivity index (χ3n) is 3.50. The van der Waals surface area contributed by atoms with Crippen LogP contribution in [0, 0.1) is 5.92 Å². The number of aromatic nitrogens is 1. The van der Waals surface area contributed by atoms with Gasteiger partial charge in [-0.25, -0.2) is 0 Å². The minimum absolute atomic E-state index is 0.00997. The van der Waals surface area contributed by atoms with E-state index in [9.17, 15) is 4.79 Å². The summed E-state index contributed by atoms with van der Waals surface area (Å²) in [5.74, 6) is 0.365. The van der Waals surface area contributed by atoms with Gasteiger partial charge in [0.2, 0.25) is 5.91 Å². The van der Waals surface area contributed by atoms with Crippen LogP contribution in [-0.4, -0.2) is 10.9 Å². The summed E-state index contributed by atoms with van der Waals surface area (Å²) in [7, 11) is 0. The number of carbonyl (C=O) groups excluding carboxylic acids is 1. The van der Waals surface area contributed by atoms with Gasteiger partial charge in [-0.15, -0.1) is 0 Å². The molecule has 1 aromatic heterocycles. The molecular formula is C16H15ClN2O. The van der Waals surface area contributed by atoms with Gasteiger partial charge >= 0.3 is 0 Å². The van der Waals surface area contributed by atoms with E-state index in [1.807, 2.05) is 18.2 Å². The molecule has 0 aliphatic heterocycles. The van der Waals surface area contributed by atoms with Gasteiger partial charge in [0.05, 0.1) is 11.2 Å². The minimum Gasteiger partial charge on any atom is -0.324 e. The second-order valence-electron chi connectivity index (χ2n) is 5.05.